The van der Waals surface area contributed by atoms with Gasteiger partial charge >= 0.3 is 5.97 Å². The summed E-state index contributed by atoms with van der Waals surface area (Å²) < 4.78 is 17.0. The number of anilines is 1. The third kappa shape index (κ3) is 10.1. The highest BCUT2D eigenvalue weighted by Crippen LogP contribution is 2.37. The summed E-state index contributed by atoms with van der Waals surface area (Å²) >= 11 is 6.15. The lowest BCUT2D eigenvalue weighted by atomic mass is 9.90. The van der Waals surface area contributed by atoms with Crippen LogP contribution < -0.4 is 14.4 Å². The molecule has 1 N–H and O–H groups in total. The third-order valence-electron chi connectivity index (χ3n) is 8.35. The Bertz CT molecular complexity index is 1990. The Balaban J connectivity index is 1.26. The van der Waals surface area contributed by atoms with E-state index in [0.717, 1.165) is 45.0 Å². The molecule has 0 saturated heterocycles. The molecule has 11 nitrogen and oxygen atoms in total. The second kappa shape index (κ2) is 18.5. The monoisotopic (exact) mass is 722 g/mol. The van der Waals surface area contributed by atoms with Crippen molar-refractivity contribution >= 4 is 40.3 Å². The van der Waals surface area contributed by atoms with Crippen LogP contribution in [-0.2, 0) is 16.1 Å². The van der Waals surface area contributed by atoms with Crippen molar-refractivity contribution in [2.24, 2.45) is 10.2 Å². The summed E-state index contributed by atoms with van der Waals surface area (Å²) in [6, 6.07) is 33.7. The van der Waals surface area contributed by atoms with Crippen molar-refractivity contribution in [2.75, 3.05) is 38.8 Å². The predicted octanol–water partition coefficient (Wildman–Crippen LogP) is 10.3. The van der Waals surface area contributed by atoms with Gasteiger partial charge in [-0.3, -0.25) is 14.9 Å². The van der Waals surface area contributed by atoms with Crippen molar-refractivity contribution in [3.63, 3.8) is 0 Å². The fraction of sp³-hybridized carbons (Fsp3) is 0.225. The maximum Gasteiger partial charge on any atom is 0.303 e. The minimum Gasteiger partial charge on any atom is -0.497 e. The number of aliphatic carboxylic acids is 1. The standard InChI is InChI=1S/C40H39ClN4O7/c1-50-34-18-9-28(10-19-34)36-7-3-6-30(40(36)29-11-20-35(51-2)21-12-29)27-52-25-5-24-44(23-4-8-39(46)47)32-15-13-31(14-16-32)42-43-38-22-17-33(45(48)49)26-37(38)41/h3,6-7,9-22,26H,4-5,8,23-25,27H2,1-2H3,(H,46,47). The van der Waals surface area contributed by atoms with E-state index in [2.05, 4.69) is 51.5 Å². The van der Waals surface area contributed by atoms with Crippen molar-refractivity contribution in [1.29, 1.82) is 0 Å². The number of hydrogen-bond acceptors (Lipinski definition) is 9. The number of ether oxygens (including phenoxy) is 3. The van der Waals surface area contributed by atoms with Gasteiger partial charge in [-0.15, -0.1) is 5.11 Å². The Kier molecular flexibility index (Phi) is 13.3. The van der Waals surface area contributed by atoms with E-state index in [9.17, 15) is 20.0 Å². The highest BCUT2D eigenvalue weighted by atomic mass is 35.5. The van der Waals surface area contributed by atoms with Crippen LogP contribution in [0.4, 0.5) is 22.7 Å². The molecule has 0 saturated carbocycles. The second-order valence-electron chi connectivity index (χ2n) is 11.8. The van der Waals surface area contributed by atoms with E-state index in [1.54, 1.807) is 26.4 Å². The molecular formula is C40H39ClN4O7. The number of azo groups is 1. The van der Waals surface area contributed by atoms with Gasteiger partial charge in [-0.1, -0.05) is 54.1 Å². The Morgan fingerprint density at radius 1 is 0.827 bits per heavy atom. The topological polar surface area (TPSA) is 136 Å². The number of hydrogen-bond donors (Lipinski definition) is 1. The van der Waals surface area contributed by atoms with Crippen LogP contribution in [0.2, 0.25) is 5.02 Å². The Morgan fingerprint density at radius 3 is 2.10 bits per heavy atom. The van der Waals surface area contributed by atoms with Crippen LogP contribution in [-0.4, -0.2) is 49.9 Å². The first-order chi connectivity index (χ1) is 25.2. The van der Waals surface area contributed by atoms with E-state index in [1.807, 2.05) is 42.5 Å². The highest BCUT2D eigenvalue weighted by molar-refractivity contribution is 6.33. The van der Waals surface area contributed by atoms with E-state index in [4.69, 9.17) is 25.8 Å². The fourth-order valence-corrected chi connectivity index (χ4v) is 5.91. The van der Waals surface area contributed by atoms with Gasteiger partial charge in [0.25, 0.3) is 5.69 Å². The molecule has 0 aliphatic carbocycles. The fourth-order valence-electron chi connectivity index (χ4n) is 5.69. The number of carboxylic acids is 1. The lowest BCUT2D eigenvalue weighted by Crippen LogP contribution is -2.27. The normalized spacial score (nSPS) is 11.1. The van der Waals surface area contributed by atoms with Gasteiger partial charge in [-0.25, -0.2) is 0 Å². The summed E-state index contributed by atoms with van der Waals surface area (Å²) in [7, 11) is 3.30. The molecule has 0 unspecified atom stereocenters. The molecule has 268 valence electrons. The first-order valence-electron chi connectivity index (χ1n) is 16.7. The van der Waals surface area contributed by atoms with Gasteiger partial charge in [0.1, 0.15) is 17.2 Å². The summed E-state index contributed by atoms with van der Waals surface area (Å²) in [6.45, 7) is 2.10. The van der Waals surface area contributed by atoms with Gasteiger partial charge in [-0.2, -0.15) is 5.11 Å². The van der Waals surface area contributed by atoms with Crippen LogP contribution in [0.3, 0.4) is 0 Å². The number of halogens is 1. The third-order valence-corrected chi connectivity index (χ3v) is 8.66. The van der Waals surface area contributed by atoms with Crippen molar-refractivity contribution < 1.29 is 29.0 Å². The van der Waals surface area contributed by atoms with Crippen LogP contribution in [0, 0.1) is 10.1 Å². The number of nitrogens with zero attached hydrogens (tertiary/aromatic N) is 4. The summed E-state index contributed by atoms with van der Waals surface area (Å²) in [5.74, 6) is 0.730. The zero-order chi connectivity index (χ0) is 36.9. The zero-order valence-electron chi connectivity index (χ0n) is 28.9. The molecule has 0 atom stereocenters. The lowest BCUT2D eigenvalue weighted by Gasteiger charge is -2.25. The second-order valence-corrected chi connectivity index (χ2v) is 12.2. The number of non-ortho nitro benzene ring substituents is 1. The van der Waals surface area contributed by atoms with Gasteiger partial charge in [0.2, 0.25) is 0 Å². The molecule has 5 aromatic rings. The van der Waals surface area contributed by atoms with Crippen molar-refractivity contribution in [3.8, 4) is 33.8 Å². The summed E-state index contributed by atoms with van der Waals surface area (Å²) in [5, 5.41) is 28.7. The maximum absolute atomic E-state index is 11.3. The number of carbonyl (C=O) groups is 1. The van der Waals surface area contributed by atoms with E-state index in [-0.39, 0.29) is 17.1 Å². The molecule has 12 heteroatoms. The van der Waals surface area contributed by atoms with E-state index in [1.165, 1.54) is 18.2 Å². The molecule has 52 heavy (non-hydrogen) atoms. The molecule has 0 bridgehead atoms. The number of nitro groups is 1. The average molecular weight is 723 g/mol. The van der Waals surface area contributed by atoms with Gasteiger partial charge in [0.15, 0.2) is 0 Å². The van der Waals surface area contributed by atoms with Crippen molar-refractivity contribution in [1.82, 2.24) is 0 Å². The molecule has 0 amide bonds. The van der Waals surface area contributed by atoms with Gasteiger partial charge in [0, 0.05) is 43.9 Å². The molecule has 0 fully saturated rings. The quantitative estimate of drug-likeness (QED) is 0.0408. The number of benzene rings is 5. The predicted molar refractivity (Wildman–Crippen MR) is 202 cm³/mol. The number of nitro benzene ring substituents is 1. The lowest BCUT2D eigenvalue weighted by molar-refractivity contribution is -0.384. The number of methoxy groups -OCH3 is 2. The molecular weight excluding hydrogens is 684 g/mol. The number of rotatable bonds is 18. The molecule has 0 aliphatic rings. The molecule has 0 spiro atoms. The van der Waals surface area contributed by atoms with Crippen LogP contribution in [0.25, 0.3) is 22.3 Å². The SMILES string of the molecule is COc1ccc(-c2cccc(COCCCN(CCCC(=O)O)c3ccc(N=Nc4ccc([N+](=O)[O-])cc4Cl)cc3)c2-c2ccc(OC)cc2)cc1. The minimum absolute atomic E-state index is 0.0635. The van der Waals surface area contributed by atoms with Gasteiger partial charge in [-0.05, 0) is 95.3 Å². The molecule has 0 aliphatic heterocycles. The van der Waals surface area contributed by atoms with Crippen LogP contribution in [0.1, 0.15) is 24.8 Å². The Labute approximate surface area is 307 Å². The molecule has 0 radical (unpaired) electrons. The van der Waals surface area contributed by atoms with E-state index >= 15 is 0 Å². The van der Waals surface area contributed by atoms with Crippen LogP contribution in [0.15, 0.2) is 119 Å². The molecule has 5 aromatic carbocycles. The summed E-state index contributed by atoms with van der Waals surface area (Å²) in [5.41, 5.74) is 6.99. The molecule has 0 aromatic heterocycles. The smallest absolute Gasteiger partial charge is 0.303 e. The number of carboxylic acid groups (broad SMARTS) is 1. The van der Waals surface area contributed by atoms with Gasteiger partial charge < -0.3 is 24.2 Å². The largest absolute Gasteiger partial charge is 0.497 e. The summed E-state index contributed by atoms with van der Waals surface area (Å²) in [6.07, 6.45) is 1.26. The first-order valence-corrected chi connectivity index (χ1v) is 17.0. The molecule has 0 heterocycles. The minimum atomic E-state index is -0.839. The van der Waals surface area contributed by atoms with Crippen molar-refractivity contribution in [3.05, 3.63) is 130 Å². The maximum atomic E-state index is 11.3. The first kappa shape index (κ1) is 37.5. The highest BCUT2D eigenvalue weighted by Gasteiger charge is 2.15. The zero-order valence-corrected chi connectivity index (χ0v) is 29.7. The van der Waals surface area contributed by atoms with E-state index < -0.39 is 10.9 Å². The van der Waals surface area contributed by atoms with Crippen LogP contribution >= 0.6 is 11.6 Å². The van der Waals surface area contributed by atoms with Crippen molar-refractivity contribution in [2.45, 2.75) is 25.9 Å². The molecule has 5 rings (SSSR count). The Hall–Kier alpha value is -5.78. The van der Waals surface area contributed by atoms with Crippen LogP contribution in [0.5, 0.6) is 11.5 Å². The Morgan fingerprint density at radius 2 is 1.48 bits per heavy atom. The average Bonchev–Trinajstić information content (AvgIpc) is 3.16. The van der Waals surface area contributed by atoms with Gasteiger partial charge in [0.05, 0.1) is 36.5 Å². The summed E-state index contributed by atoms with van der Waals surface area (Å²) in [4.78, 5) is 23.8. The van der Waals surface area contributed by atoms with E-state index in [0.29, 0.717) is 50.5 Å².